The van der Waals surface area contributed by atoms with Gasteiger partial charge in [-0.2, -0.15) is 0 Å². The molecule has 1 aliphatic heterocycles. The zero-order valence-corrected chi connectivity index (χ0v) is 25.8. The quantitative estimate of drug-likeness (QED) is 0.275. The largest absolute Gasteiger partial charge is 0.465 e. The lowest BCUT2D eigenvalue weighted by atomic mass is 10.0. The normalized spacial score (nSPS) is 21.3. The van der Waals surface area contributed by atoms with Gasteiger partial charge < -0.3 is 18.9 Å². The number of nitrogens with one attached hydrogen (secondary N) is 1. The van der Waals surface area contributed by atoms with Crippen LogP contribution in [0.2, 0.25) is 10.0 Å². The van der Waals surface area contributed by atoms with Gasteiger partial charge in [-0.15, -0.1) is 0 Å². The second-order valence-electron chi connectivity index (χ2n) is 11.2. The summed E-state index contributed by atoms with van der Waals surface area (Å²) in [5.41, 5.74) is 3.34. The summed E-state index contributed by atoms with van der Waals surface area (Å²) in [6.45, 7) is 2.79. The molecule has 43 heavy (non-hydrogen) atoms. The van der Waals surface area contributed by atoms with Crippen LogP contribution in [0, 0.1) is 5.92 Å². The minimum Gasteiger partial charge on any atom is -0.465 e. The van der Waals surface area contributed by atoms with Crippen LogP contribution in [0.5, 0.6) is 0 Å². The van der Waals surface area contributed by atoms with Crippen LogP contribution >= 0.6 is 23.2 Å². The van der Waals surface area contributed by atoms with E-state index in [0.717, 1.165) is 49.2 Å². The Morgan fingerprint density at radius 3 is 2.44 bits per heavy atom. The second-order valence-corrected chi connectivity index (χ2v) is 13.7. The van der Waals surface area contributed by atoms with Crippen LogP contribution in [-0.4, -0.2) is 56.5 Å². The monoisotopic (exact) mass is 647 g/mol. The Morgan fingerprint density at radius 1 is 1.09 bits per heavy atom. The van der Waals surface area contributed by atoms with E-state index in [9.17, 15) is 18.0 Å². The van der Waals surface area contributed by atoms with E-state index in [1.807, 2.05) is 16.9 Å². The predicted octanol–water partition coefficient (Wildman–Crippen LogP) is 5.33. The van der Waals surface area contributed by atoms with Crippen LogP contribution < -0.4 is 9.62 Å². The number of nitrogens with zero attached hydrogens (tertiary/aromatic N) is 2. The van der Waals surface area contributed by atoms with Gasteiger partial charge in [0.05, 0.1) is 29.4 Å². The Labute approximate surface area is 259 Å². The molecule has 6 rings (SSSR count). The number of anilines is 1. The summed E-state index contributed by atoms with van der Waals surface area (Å²) in [7, 11) is -4.16. The third-order valence-corrected chi connectivity index (χ3v) is 9.95. The molecule has 2 heterocycles. The van der Waals surface area contributed by atoms with Crippen LogP contribution in [-0.2, 0) is 30.9 Å². The van der Waals surface area contributed by atoms with E-state index >= 15 is 0 Å². The Morgan fingerprint density at radius 2 is 1.81 bits per heavy atom. The van der Waals surface area contributed by atoms with E-state index in [1.54, 1.807) is 37.3 Å². The molecule has 3 aliphatic rings. The third-order valence-electron chi connectivity index (χ3n) is 8.21. The van der Waals surface area contributed by atoms with E-state index in [-0.39, 0.29) is 24.3 Å². The van der Waals surface area contributed by atoms with Crippen molar-refractivity contribution in [1.82, 2.24) is 9.88 Å². The first-order valence-corrected chi connectivity index (χ1v) is 16.7. The molecule has 3 fully saturated rings. The highest BCUT2D eigenvalue weighted by Gasteiger charge is 2.46. The number of hydrogen-bond donors (Lipinski definition) is 1. The summed E-state index contributed by atoms with van der Waals surface area (Å²) in [6.07, 6.45) is 4.04. The van der Waals surface area contributed by atoms with Gasteiger partial charge in [-0.25, -0.2) is 13.1 Å². The number of benzene rings is 2. The molecule has 3 aromatic rings. The highest BCUT2D eigenvalue weighted by atomic mass is 35.5. The minimum absolute atomic E-state index is 0.0536. The van der Waals surface area contributed by atoms with Crippen LogP contribution in [0.4, 0.5) is 5.69 Å². The molecular formula is C30H31Cl2N3O7S. The summed E-state index contributed by atoms with van der Waals surface area (Å²) in [5, 5.41) is 5.39. The summed E-state index contributed by atoms with van der Waals surface area (Å²) in [5.74, 6) is -1.10. The van der Waals surface area contributed by atoms with Crippen LogP contribution in [0.15, 0.2) is 47.0 Å². The molecular weight excluding hydrogens is 617 g/mol. The number of hydrogen-bond acceptors (Lipinski definition) is 9. The number of sulfonamides is 1. The van der Waals surface area contributed by atoms with Crippen molar-refractivity contribution in [3.05, 3.63) is 69.4 Å². The summed E-state index contributed by atoms with van der Waals surface area (Å²) in [4.78, 5) is 26.3. The highest BCUT2D eigenvalue weighted by Crippen LogP contribution is 2.47. The van der Waals surface area contributed by atoms with E-state index < -0.39 is 27.7 Å². The molecule has 3 atom stereocenters. The van der Waals surface area contributed by atoms with Crippen LogP contribution in [0.1, 0.15) is 60.2 Å². The molecule has 1 N–H and O–H groups in total. The van der Waals surface area contributed by atoms with Crippen LogP contribution in [0.25, 0.3) is 11.3 Å². The van der Waals surface area contributed by atoms with Crippen molar-refractivity contribution in [2.75, 3.05) is 23.8 Å². The standard InChI is InChI=1S/C30H31Cl2N3O7S/c1-2-40-26(36)16-43(38,39)34-30(37)18-8-10-20(11-9-18)35-14-19-12-21(35)13-25(19)41-15-22-28(33-42-29(22)17-6-7-17)27-23(31)4-3-5-24(27)32/h3-5,8-11,17,19,21,25H,2,6-7,12-16H2,1H3,(H,34,37)/t19-,21-,25+/m0/s1. The SMILES string of the molecule is CCOC(=O)CS(=O)(=O)NC(=O)c1ccc(N2C[C@@H]3C[C@H]2C[C@H]3OCc2c(-c3c(Cl)cccc3Cl)noc2C2CC2)cc1. The lowest BCUT2D eigenvalue weighted by Gasteiger charge is -2.33. The van der Waals surface area contributed by atoms with Crippen molar-refractivity contribution in [3.63, 3.8) is 0 Å². The molecule has 228 valence electrons. The van der Waals surface area contributed by atoms with Gasteiger partial charge in [0.2, 0.25) is 10.0 Å². The number of amides is 1. The number of aromatic nitrogens is 1. The van der Waals surface area contributed by atoms with E-state index in [4.69, 9.17) is 32.5 Å². The van der Waals surface area contributed by atoms with Gasteiger partial charge in [0.25, 0.3) is 5.91 Å². The summed E-state index contributed by atoms with van der Waals surface area (Å²) < 4.78 is 43.1. The van der Waals surface area contributed by atoms with Crippen LogP contribution in [0.3, 0.4) is 0 Å². The minimum atomic E-state index is -4.16. The lowest BCUT2D eigenvalue weighted by Crippen LogP contribution is -2.38. The number of rotatable bonds is 11. The van der Waals surface area contributed by atoms with Crippen molar-refractivity contribution >= 4 is 50.8 Å². The first kappa shape index (κ1) is 29.9. The lowest BCUT2D eigenvalue weighted by molar-refractivity contribution is -0.139. The Hall–Kier alpha value is -3.12. The number of halogens is 2. The van der Waals surface area contributed by atoms with E-state index in [2.05, 4.69) is 14.8 Å². The third kappa shape index (κ3) is 6.40. The maximum atomic E-state index is 12.5. The average molecular weight is 649 g/mol. The number of carbonyl (C=O) groups excluding carboxylic acids is 2. The average Bonchev–Trinajstić information content (AvgIpc) is 3.41. The van der Waals surface area contributed by atoms with Crippen molar-refractivity contribution in [2.24, 2.45) is 5.92 Å². The van der Waals surface area contributed by atoms with Gasteiger partial charge >= 0.3 is 5.97 Å². The van der Waals surface area contributed by atoms with Gasteiger partial charge in [0.15, 0.2) is 5.75 Å². The molecule has 0 unspecified atom stereocenters. The predicted molar refractivity (Wildman–Crippen MR) is 161 cm³/mol. The van der Waals surface area contributed by atoms with Crippen molar-refractivity contribution in [1.29, 1.82) is 0 Å². The zero-order chi connectivity index (χ0) is 30.3. The van der Waals surface area contributed by atoms with Gasteiger partial charge in [0.1, 0.15) is 11.5 Å². The fraction of sp³-hybridized carbons (Fsp3) is 0.433. The Balaban J connectivity index is 1.08. The first-order valence-electron chi connectivity index (χ1n) is 14.2. The molecule has 0 radical (unpaired) electrons. The van der Waals surface area contributed by atoms with Crippen molar-refractivity contribution in [3.8, 4) is 11.3 Å². The van der Waals surface area contributed by atoms with E-state index in [1.165, 1.54) is 0 Å². The Bertz CT molecular complexity index is 1620. The van der Waals surface area contributed by atoms with Gasteiger partial charge in [0, 0.05) is 46.8 Å². The molecule has 1 aromatic heterocycles. The molecule has 2 aliphatic carbocycles. The van der Waals surface area contributed by atoms with Crippen molar-refractivity contribution < 1.29 is 32.0 Å². The molecule has 13 heteroatoms. The molecule has 2 aromatic carbocycles. The zero-order valence-electron chi connectivity index (χ0n) is 23.4. The van der Waals surface area contributed by atoms with Gasteiger partial charge in [-0.05, 0) is 69.0 Å². The molecule has 1 saturated heterocycles. The van der Waals surface area contributed by atoms with Gasteiger partial charge in [-0.3, -0.25) is 9.59 Å². The molecule has 10 nitrogen and oxygen atoms in total. The van der Waals surface area contributed by atoms with E-state index in [0.29, 0.717) is 39.7 Å². The number of esters is 1. The summed E-state index contributed by atoms with van der Waals surface area (Å²) >= 11 is 13.0. The van der Waals surface area contributed by atoms with Gasteiger partial charge in [-0.1, -0.05) is 34.4 Å². The Kier molecular flexibility index (Phi) is 8.43. The molecule has 0 spiro atoms. The van der Waals surface area contributed by atoms with Crippen molar-refractivity contribution in [2.45, 2.75) is 57.3 Å². The smallest absolute Gasteiger partial charge is 0.323 e. The number of ether oxygens (including phenoxy) is 2. The second kappa shape index (κ2) is 12.1. The maximum absolute atomic E-state index is 12.5. The number of fused-ring (bicyclic) bond motifs is 2. The highest BCUT2D eigenvalue weighted by molar-refractivity contribution is 7.90. The molecule has 2 bridgehead atoms. The maximum Gasteiger partial charge on any atom is 0.323 e. The number of carbonyl (C=O) groups is 2. The molecule has 1 amide bonds. The fourth-order valence-electron chi connectivity index (χ4n) is 6.06. The topological polar surface area (TPSA) is 128 Å². The summed E-state index contributed by atoms with van der Waals surface area (Å²) in [6, 6.07) is 12.4. The molecule has 2 saturated carbocycles. The first-order chi connectivity index (χ1) is 20.6. The number of piperidine rings is 1. The fourth-order valence-corrected chi connectivity index (χ4v) is 7.51.